The van der Waals surface area contributed by atoms with Gasteiger partial charge in [0.05, 0.1) is 11.4 Å². The van der Waals surface area contributed by atoms with Crippen LogP contribution in [0.1, 0.15) is 12.0 Å². The minimum Gasteiger partial charge on any atom is -0.320 e. The number of para-hydroxylation sites is 2. The third-order valence-electron chi connectivity index (χ3n) is 3.84. The van der Waals surface area contributed by atoms with Crippen molar-refractivity contribution in [3.8, 4) is 0 Å². The molecule has 3 rings (SSSR count). The van der Waals surface area contributed by atoms with Gasteiger partial charge in [0, 0.05) is 12.7 Å². The Labute approximate surface area is 149 Å². The number of anilines is 3. The van der Waals surface area contributed by atoms with Gasteiger partial charge in [-0.1, -0.05) is 18.2 Å². The molecule has 1 aliphatic rings. The van der Waals surface area contributed by atoms with Crippen LogP contribution in [-0.4, -0.2) is 33.5 Å². The lowest BCUT2D eigenvalue weighted by molar-refractivity contribution is 0.591. The first kappa shape index (κ1) is 18.5. The fourth-order valence-electron chi connectivity index (χ4n) is 2.74. The van der Waals surface area contributed by atoms with Gasteiger partial charge in [-0.15, -0.1) is 12.4 Å². The average molecular weight is 369 g/mol. The molecule has 6 nitrogen and oxygen atoms in total. The Balaban J connectivity index is 0.00000208. The molecule has 0 saturated heterocycles. The Bertz CT molecular complexity index is 813. The Hall–Kier alpha value is -1.83. The van der Waals surface area contributed by atoms with Gasteiger partial charge in [-0.2, -0.15) is 8.42 Å². The fourth-order valence-corrected chi connectivity index (χ4v) is 4.52. The lowest BCUT2D eigenvalue weighted by atomic mass is 10.2. The van der Waals surface area contributed by atoms with Gasteiger partial charge in [0.15, 0.2) is 5.82 Å². The van der Waals surface area contributed by atoms with E-state index in [0.717, 1.165) is 18.5 Å². The SMILES string of the molecule is CNCCCN1c2ccccc2N(c2ncccc2C)S1(=O)=O.Cl. The summed E-state index contributed by atoms with van der Waals surface area (Å²) in [5.74, 6) is 0.455. The van der Waals surface area contributed by atoms with Crippen LogP contribution in [0.25, 0.3) is 0 Å². The second kappa shape index (κ2) is 7.38. The molecule has 0 fully saturated rings. The number of halogens is 1. The van der Waals surface area contributed by atoms with E-state index in [1.165, 1.54) is 8.61 Å². The number of aryl methyl sites for hydroxylation is 1. The zero-order valence-electron chi connectivity index (χ0n) is 13.6. The van der Waals surface area contributed by atoms with Gasteiger partial charge in [0.25, 0.3) is 0 Å². The number of pyridine rings is 1. The van der Waals surface area contributed by atoms with E-state index in [2.05, 4.69) is 10.3 Å². The zero-order chi connectivity index (χ0) is 16.4. The summed E-state index contributed by atoms with van der Waals surface area (Å²) in [7, 11) is -1.81. The Morgan fingerprint density at radius 2 is 1.83 bits per heavy atom. The first-order valence-corrected chi connectivity index (χ1v) is 8.95. The van der Waals surface area contributed by atoms with E-state index >= 15 is 0 Å². The van der Waals surface area contributed by atoms with E-state index < -0.39 is 10.2 Å². The molecule has 1 aromatic heterocycles. The maximum atomic E-state index is 13.1. The van der Waals surface area contributed by atoms with Crippen LogP contribution in [0.5, 0.6) is 0 Å². The van der Waals surface area contributed by atoms with Gasteiger partial charge in [0.2, 0.25) is 0 Å². The van der Waals surface area contributed by atoms with Crippen LogP contribution >= 0.6 is 12.4 Å². The largest absolute Gasteiger partial charge is 0.332 e. The van der Waals surface area contributed by atoms with E-state index in [9.17, 15) is 8.42 Å². The summed E-state index contributed by atoms with van der Waals surface area (Å²) < 4.78 is 29.0. The topological polar surface area (TPSA) is 65.5 Å². The second-order valence-corrected chi connectivity index (χ2v) is 7.14. The molecule has 0 saturated carbocycles. The number of aromatic nitrogens is 1. The molecule has 2 heterocycles. The molecule has 0 aliphatic carbocycles. The molecule has 0 amide bonds. The number of benzene rings is 1. The van der Waals surface area contributed by atoms with Crippen molar-refractivity contribution in [1.29, 1.82) is 0 Å². The molecule has 0 atom stereocenters. The minimum absolute atomic E-state index is 0. The van der Waals surface area contributed by atoms with E-state index in [-0.39, 0.29) is 12.4 Å². The molecular weight excluding hydrogens is 348 g/mol. The summed E-state index contributed by atoms with van der Waals surface area (Å²) >= 11 is 0. The van der Waals surface area contributed by atoms with Gasteiger partial charge in [-0.25, -0.2) is 9.29 Å². The molecule has 2 aromatic rings. The number of hydrogen-bond acceptors (Lipinski definition) is 4. The van der Waals surface area contributed by atoms with Crippen LogP contribution < -0.4 is 13.9 Å². The Morgan fingerprint density at radius 1 is 1.12 bits per heavy atom. The van der Waals surface area contributed by atoms with Crippen molar-refractivity contribution < 1.29 is 8.42 Å². The second-order valence-electron chi connectivity index (χ2n) is 5.43. The molecule has 1 aliphatic heterocycles. The van der Waals surface area contributed by atoms with Crippen LogP contribution in [-0.2, 0) is 10.2 Å². The van der Waals surface area contributed by atoms with Crippen molar-refractivity contribution in [2.75, 3.05) is 28.7 Å². The van der Waals surface area contributed by atoms with Crippen molar-refractivity contribution >= 4 is 39.8 Å². The predicted octanol–water partition coefficient (Wildman–Crippen LogP) is 2.62. The molecule has 0 bridgehead atoms. The number of nitrogens with zero attached hydrogens (tertiary/aromatic N) is 3. The smallest absolute Gasteiger partial charge is 0.320 e. The van der Waals surface area contributed by atoms with E-state index in [4.69, 9.17) is 0 Å². The average Bonchev–Trinajstić information content (AvgIpc) is 2.76. The molecule has 0 spiro atoms. The Kier molecular flexibility index (Phi) is 5.69. The highest BCUT2D eigenvalue weighted by Crippen LogP contribution is 2.45. The maximum absolute atomic E-state index is 13.1. The van der Waals surface area contributed by atoms with Crippen LogP contribution in [0.4, 0.5) is 17.2 Å². The first-order valence-electron chi connectivity index (χ1n) is 7.55. The molecule has 130 valence electrons. The van der Waals surface area contributed by atoms with Gasteiger partial charge >= 0.3 is 10.2 Å². The van der Waals surface area contributed by atoms with E-state index in [1.54, 1.807) is 12.3 Å². The summed E-state index contributed by atoms with van der Waals surface area (Å²) in [6.07, 6.45) is 2.35. The van der Waals surface area contributed by atoms with Crippen LogP contribution in [0, 0.1) is 6.92 Å². The number of rotatable bonds is 5. The number of nitrogens with one attached hydrogen (secondary N) is 1. The number of fused-ring (bicyclic) bond motifs is 1. The fraction of sp³-hybridized carbons (Fsp3) is 0.312. The lowest BCUT2D eigenvalue weighted by Gasteiger charge is -2.22. The summed E-state index contributed by atoms with van der Waals surface area (Å²) in [4.78, 5) is 4.29. The van der Waals surface area contributed by atoms with Gasteiger partial charge in [0.1, 0.15) is 0 Å². The highest BCUT2D eigenvalue weighted by molar-refractivity contribution is 7.95. The van der Waals surface area contributed by atoms with Crippen molar-refractivity contribution in [2.45, 2.75) is 13.3 Å². The minimum atomic E-state index is -3.67. The van der Waals surface area contributed by atoms with Crippen LogP contribution in [0.15, 0.2) is 42.6 Å². The van der Waals surface area contributed by atoms with Crippen molar-refractivity contribution in [3.05, 3.63) is 48.2 Å². The van der Waals surface area contributed by atoms with E-state index in [1.807, 2.05) is 44.3 Å². The zero-order valence-corrected chi connectivity index (χ0v) is 15.3. The van der Waals surface area contributed by atoms with Crippen LogP contribution in [0.2, 0.25) is 0 Å². The summed E-state index contributed by atoms with van der Waals surface area (Å²) in [6, 6.07) is 11.0. The molecule has 0 radical (unpaired) electrons. The predicted molar refractivity (Wildman–Crippen MR) is 99.6 cm³/mol. The molecule has 8 heteroatoms. The third kappa shape index (κ3) is 3.07. The molecular formula is C16H21ClN4O2S. The molecule has 24 heavy (non-hydrogen) atoms. The van der Waals surface area contributed by atoms with Crippen molar-refractivity contribution in [1.82, 2.24) is 10.3 Å². The van der Waals surface area contributed by atoms with Crippen LogP contribution in [0.3, 0.4) is 0 Å². The highest BCUT2D eigenvalue weighted by atomic mass is 35.5. The lowest BCUT2D eigenvalue weighted by Crippen LogP contribution is -2.37. The maximum Gasteiger partial charge on any atom is 0.332 e. The summed E-state index contributed by atoms with van der Waals surface area (Å²) in [5, 5.41) is 3.05. The standard InChI is InChI=1S/C16H20N4O2S.ClH/c1-13-7-5-11-18-16(13)20-15-9-4-3-8-14(15)19(23(20,21)22)12-6-10-17-2;/h3-5,7-9,11,17H,6,10,12H2,1-2H3;1H. The monoisotopic (exact) mass is 368 g/mol. The normalized spacial score (nSPS) is 15.1. The molecule has 0 unspecified atom stereocenters. The summed E-state index contributed by atoms with van der Waals surface area (Å²) in [6.45, 7) is 3.06. The molecule has 1 aromatic carbocycles. The van der Waals surface area contributed by atoms with Gasteiger partial charge < -0.3 is 5.32 Å². The molecule has 1 N–H and O–H groups in total. The van der Waals surface area contributed by atoms with Gasteiger partial charge in [-0.05, 0) is 50.7 Å². The van der Waals surface area contributed by atoms with Crippen molar-refractivity contribution in [3.63, 3.8) is 0 Å². The Morgan fingerprint density at radius 3 is 2.50 bits per heavy atom. The van der Waals surface area contributed by atoms with Crippen molar-refractivity contribution in [2.24, 2.45) is 0 Å². The third-order valence-corrected chi connectivity index (χ3v) is 5.61. The van der Waals surface area contributed by atoms with Gasteiger partial charge in [-0.3, -0.25) is 4.31 Å². The highest BCUT2D eigenvalue weighted by Gasteiger charge is 2.41. The first-order chi connectivity index (χ1) is 11.1. The summed E-state index contributed by atoms with van der Waals surface area (Å²) in [5.41, 5.74) is 2.18. The number of hydrogen-bond donors (Lipinski definition) is 1. The van der Waals surface area contributed by atoms with E-state index in [0.29, 0.717) is 23.7 Å². The quantitative estimate of drug-likeness (QED) is 0.824.